The number of rotatable bonds is 6. The maximum absolute atomic E-state index is 12.6. The van der Waals surface area contributed by atoms with Gasteiger partial charge in [-0.05, 0) is 24.8 Å². The molecular formula is C16H23N3O2S. The molecule has 0 atom stereocenters. The predicted molar refractivity (Wildman–Crippen MR) is 90.7 cm³/mol. The van der Waals surface area contributed by atoms with Crippen molar-refractivity contribution in [2.24, 2.45) is 5.92 Å². The van der Waals surface area contributed by atoms with Crippen LogP contribution in [0.2, 0.25) is 0 Å². The average molecular weight is 321 g/mol. The first-order valence-electron chi connectivity index (χ1n) is 7.72. The summed E-state index contributed by atoms with van der Waals surface area (Å²) in [7, 11) is 0. The second-order valence-corrected chi connectivity index (χ2v) is 6.94. The van der Waals surface area contributed by atoms with Crippen LogP contribution < -0.4 is 10.9 Å². The number of aromatic nitrogens is 2. The summed E-state index contributed by atoms with van der Waals surface area (Å²) in [6.07, 6.45) is 3.56. The molecule has 0 aliphatic rings. The lowest BCUT2D eigenvalue weighted by Crippen LogP contribution is -2.27. The maximum atomic E-state index is 12.6. The van der Waals surface area contributed by atoms with Gasteiger partial charge in [-0.2, -0.15) is 0 Å². The lowest BCUT2D eigenvalue weighted by atomic mass is 10.2. The number of thiophene rings is 1. The molecule has 0 saturated heterocycles. The fourth-order valence-corrected chi connectivity index (χ4v) is 3.30. The van der Waals surface area contributed by atoms with Crippen LogP contribution in [0.5, 0.6) is 0 Å². The van der Waals surface area contributed by atoms with E-state index in [1.165, 1.54) is 11.3 Å². The van der Waals surface area contributed by atoms with E-state index in [9.17, 15) is 9.59 Å². The lowest BCUT2D eigenvalue weighted by Gasteiger charge is -2.06. The van der Waals surface area contributed by atoms with Gasteiger partial charge in [-0.3, -0.25) is 14.2 Å². The summed E-state index contributed by atoms with van der Waals surface area (Å²) >= 11 is 1.29. The molecule has 6 heteroatoms. The van der Waals surface area contributed by atoms with Gasteiger partial charge < -0.3 is 5.32 Å². The van der Waals surface area contributed by atoms with Crippen LogP contribution in [0.4, 0.5) is 0 Å². The van der Waals surface area contributed by atoms with Crippen molar-refractivity contribution in [3.05, 3.63) is 27.1 Å². The Morgan fingerprint density at radius 2 is 2.18 bits per heavy atom. The second-order valence-electron chi connectivity index (χ2n) is 5.94. The Balaban J connectivity index is 2.39. The molecule has 0 unspecified atom stereocenters. The molecule has 0 spiro atoms. The van der Waals surface area contributed by atoms with Crippen LogP contribution in [0.1, 0.15) is 48.8 Å². The Kier molecular flexibility index (Phi) is 5.34. The van der Waals surface area contributed by atoms with E-state index in [4.69, 9.17) is 0 Å². The van der Waals surface area contributed by atoms with Gasteiger partial charge in [0.2, 0.25) is 0 Å². The van der Waals surface area contributed by atoms with Crippen molar-refractivity contribution in [2.45, 2.75) is 47.1 Å². The molecule has 0 aliphatic heterocycles. The Morgan fingerprint density at radius 3 is 2.82 bits per heavy atom. The normalized spacial score (nSPS) is 11.3. The van der Waals surface area contributed by atoms with Crippen molar-refractivity contribution in [1.29, 1.82) is 0 Å². The topological polar surface area (TPSA) is 64.0 Å². The third-order valence-electron chi connectivity index (χ3n) is 3.55. The van der Waals surface area contributed by atoms with Crippen molar-refractivity contribution < 1.29 is 4.79 Å². The van der Waals surface area contributed by atoms with Gasteiger partial charge >= 0.3 is 0 Å². The van der Waals surface area contributed by atoms with Crippen molar-refractivity contribution >= 4 is 27.5 Å². The minimum atomic E-state index is -0.117. The summed E-state index contributed by atoms with van der Waals surface area (Å²) in [5, 5.41) is 3.49. The molecular weight excluding hydrogens is 298 g/mol. The zero-order chi connectivity index (χ0) is 16.3. The summed E-state index contributed by atoms with van der Waals surface area (Å²) in [4.78, 5) is 30.4. The van der Waals surface area contributed by atoms with Crippen molar-refractivity contribution in [3.8, 4) is 0 Å². The number of nitrogens with one attached hydrogen (secondary N) is 1. The molecule has 0 fully saturated rings. The molecule has 5 nitrogen and oxygen atoms in total. The van der Waals surface area contributed by atoms with E-state index in [-0.39, 0.29) is 11.5 Å². The molecule has 2 rings (SSSR count). The standard InChI is InChI=1S/C16H23N3O2S/c1-5-6-7-19-9-18-15-12(16(19)21)11(4)13(22-15)14(20)17-8-10(2)3/h9-10H,5-8H2,1-4H3,(H,17,20). The molecule has 1 amide bonds. The number of fused-ring (bicyclic) bond motifs is 1. The number of carbonyl (C=O) groups excluding carboxylic acids is 1. The highest BCUT2D eigenvalue weighted by molar-refractivity contribution is 7.20. The fourth-order valence-electron chi connectivity index (χ4n) is 2.24. The highest BCUT2D eigenvalue weighted by Gasteiger charge is 2.19. The van der Waals surface area contributed by atoms with E-state index in [1.54, 1.807) is 10.9 Å². The van der Waals surface area contributed by atoms with Gasteiger partial charge in [0.05, 0.1) is 16.6 Å². The van der Waals surface area contributed by atoms with Crippen molar-refractivity contribution in [1.82, 2.24) is 14.9 Å². The Labute approximate surface area is 134 Å². The van der Waals surface area contributed by atoms with Crippen LogP contribution >= 0.6 is 11.3 Å². The van der Waals surface area contributed by atoms with Crippen LogP contribution in [0.3, 0.4) is 0 Å². The van der Waals surface area contributed by atoms with E-state index in [1.807, 2.05) is 20.8 Å². The number of aryl methyl sites for hydroxylation is 2. The lowest BCUT2D eigenvalue weighted by molar-refractivity contribution is 0.0952. The molecule has 2 aromatic rings. The predicted octanol–water partition coefficient (Wildman–Crippen LogP) is 2.95. The van der Waals surface area contributed by atoms with Crippen molar-refractivity contribution in [2.75, 3.05) is 6.54 Å². The highest BCUT2D eigenvalue weighted by Crippen LogP contribution is 2.26. The molecule has 22 heavy (non-hydrogen) atoms. The van der Waals surface area contributed by atoms with Crippen molar-refractivity contribution in [3.63, 3.8) is 0 Å². The van der Waals surface area contributed by atoms with Gasteiger partial charge in [0.25, 0.3) is 11.5 Å². The summed E-state index contributed by atoms with van der Waals surface area (Å²) in [5.74, 6) is 0.275. The Bertz CT molecular complexity index is 731. The number of hydrogen-bond donors (Lipinski definition) is 1. The quantitative estimate of drug-likeness (QED) is 0.889. The zero-order valence-corrected chi connectivity index (χ0v) is 14.4. The largest absolute Gasteiger partial charge is 0.351 e. The number of amides is 1. The summed E-state index contributed by atoms with van der Waals surface area (Å²) in [6, 6.07) is 0. The van der Waals surface area contributed by atoms with Crippen LogP contribution in [-0.4, -0.2) is 22.0 Å². The second kappa shape index (κ2) is 7.05. The van der Waals surface area contributed by atoms with E-state index in [0.717, 1.165) is 18.4 Å². The molecule has 2 aromatic heterocycles. The Morgan fingerprint density at radius 1 is 1.45 bits per heavy atom. The van der Waals surface area contributed by atoms with Gasteiger partial charge in [0.1, 0.15) is 4.83 Å². The smallest absolute Gasteiger partial charge is 0.262 e. The van der Waals surface area contributed by atoms with Crippen LogP contribution in [-0.2, 0) is 6.54 Å². The number of hydrogen-bond acceptors (Lipinski definition) is 4. The van der Waals surface area contributed by atoms with Crippen LogP contribution in [0, 0.1) is 12.8 Å². The van der Waals surface area contributed by atoms with E-state index in [0.29, 0.717) is 34.1 Å². The molecule has 1 N–H and O–H groups in total. The maximum Gasteiger partial charge on any atom is 0.262 e. The average Bonchev–Trinajstić information content (AvgIpc) is 2.82. The third-order valence-corrected chi connectivity index (χ3v) is 4.75. The van der Waals surface area contributed by atoms with Gasteiger partial charge in [-0.15, -0.1) is 11.3 Å². The summed E-state index contributed by atoms with van der Waals surface area (Å²) < 4.78 is 1.64. The van der Waals surface area contributed by atoms with Crippen LogP contribution in [0.15, 0.2) is 11.1 Å². The minimum Gasteiger partial charge on any atom is -0.351 e. The first kappa shape index (κ1) is 16.7. The summed E-state index contributed by atoms with van der Waals surface area (Å²) in [5.41, 5.74) is 0.694. The molecule has 0 aromatic carbocycles. The first-order valence-corrected chi connectivity index (χ1v) is 8.54. The number of nitrogens with zero attached hydrogens (tertiary/aromatic N) is 2. The van der Waals surface area contributed by atoms with Gasteiger partial charge in [-0.1, -0.05) is 27.2 Å². The van der Waals surface area contributed by atoms with E-state index in [2.05, 4.69) is 17.2 Å². The molecule has 0 saturated carbocycles. The SMILES string of the molecule is CCCCn1cnc2sc(C(=O)NCC(C)C)c(C)c2c1=O. The third kappa shape index (κ3) is 3.38. The molecule has 2 heterocycles. The summed E-state index contributed by atoms with van der Waals surface area (Å²) in [6.45, 7) is 9.31. The van der Waals surface area contributed by atoms with Crippen LogP contribution in [0.25, 0.3) is 10.2 Å². The molecule has 120 valence electrons. The van der Waals surface area contributed by atoms with Gasteiger partial charge in [-0.25, -0.2) is 4.98 Å². The van der Waals surface area contributed by atoms with Gasteiger partial charge in [0, 0.05) is 13.1 Å². The van der Waals surface area contributed by atoms with E-state index < -0.39 is 0 Å². The fraction of sp³-hybridized carbons (Fsp3) is 0.562. The number of unbranched alkanes of at least 4 members (excludes halogenated alkanes) is 1. The molecule has 0 radical (unpaired) electrons. The molecule has 0 aliphatic carbocycles. The zero-order valence-electron chi connectivity index (χ0n) is 13.6. The van der Waals surface area contributed by atoms with Gasteiger partial charge in [0.15, 0.2) is 0 Å². The highest BCUT2D eigenvalue weighted by atomic mass is 32.1. The minimum absolute atomic E-state index is 0.0462. The monoisotopic (exact) mass is 321 g/mol. The number of carbonyl (C=O) groups is 1. The molecule has 0 bridgehead atoms. The first-order chi connectivity index (χ1) is 10.5. The van der Waals surface area contributed by atoms with E-state index >= 15 is 0 Å². The Hall–Kier alpha value is -1.69.